The molecule has 0 aliphatic carbocycles. The molecule has 0 atom stereocenters. The van der Waals surface area contributed by atoms with Crippen LogP contribution in [-0.2, 0) is 11.2 Å². The van der Waals surface area contributed by atoms with Gasteiger partial charge < -0.3 is 10.1 Å². The first-order valence-corrected chi connectivity index (χ1v) is 6.97. The fourth-order valence-corrected chi connectivity index (χ4v) is 2.43. The molecule has 1 heterocycles. The molecule has 0 spiro atoms. The first-order chi connectivity index (χ1) is 9.70. The number of carbonyl (C=O) groups is 1. The van der Waals surface area contributed by atoms with E-state index in [1.54, 1.807) is 18.2 Å². The lowest BCUT2D eigenvalue weighted by Gasteiger charge is -2.18. The Bertz CT molecular complexity index is 457. The summed E-state index contributed by atoms with van der Waals surface area (Å²) in [6, 6.07) is 4.91. The van der Waals surface area contributed by atoms with Crippen LogP contribution >= 0.6 is 0 Å². The molecule has 1 saturated heterocycles. The Labute approximate surface area is 118 Å². The highest BCUT2D eigenvalue weighted by atomic mass is 19.1. The van der Waals surface area contributed by atoms with E-state index in [-0.39, 0.29) is 18.0 Å². The number of hydrogen-bond acceptors (Lipinski definition) is 4. The van der Waals surface area contributed by atoms with Gasteiger partial charge in [0.25, 0.3) is 0 Å². The summed E-state index contributed by atoms with van der Waals surface area (Å²) in [6.45, 7) is 4.07. The Kier molecular flexibility index (Phi) is 5.49. The molecule has 0 radical (unpaired) electrons. The average molecular weight is 280 g/mol. The van der Waals surface area contributed by atoms with Crippen LogP contribution in [0.4, 0.5) is 4.39 Å². The number of carbonyl (C=O) groups excluding carboxylic acids is 1. The van der Waals surface area contributed by atoms with E-state index in [0.717, 1.165) is 32.6 Å². The number of ether oxygens (including phenoxy) is 1. The molecule has 1 aliphatic heterocycles. The molecule has 1 N–H and O–H groups in total. The van der Waals surface area contributed by atoms with E-state index in [1.165, 1.54) is 7.11 Å². The zero-order valence-electron chi connectivity index (χ0n) is 11.8. The zero-order chi connectivity index (χ0) is 14.4. The van der Waals surface area contributed by atoms with Crippen molar-refractivity contribution in [3.8, 4) is 5.75 Å². The lowest BCUT2D eigenvalue weighted by atomic mass is 10.1. The van der Waals surface area contributed by atoms with Gasteiger partial charge in [-0.15, -0.1) is 0 Å². The van der Waals surface area contributed by atoms with Crippen molar-refractivity contribution in [2.75, 3.05) is 39.8 Å². The van der Waals surface area contributed by atoms with Crippen LogP contribution in [0.3, 0.4) is 0 Å². The van der Waals surface area contributed by atoms with Gasteiger partial charge in [-0.25, -0.2) is 4.39 Å². The van der Waals surface area contributed by atoms with Gasteiger partial charge in [-0.3, -0.25) is 9.69 Å². The maximum atomic E-state index is 14.0. The smallest absolute Gasteiger partial charge is 0.168 e. The lowest BCUT2D eigenvalue weighted by Crippen LogP contribution is -2.33. The second kappa shape index (κ2) is 7.36. The summed E-state index contributed by atoms with van der Waals surface area (Å²) in [5, 5.41) is 3.29. The van der Waals surface area contributed by atoms with Crippen molar-refractivity contribution in [2.45, 2.75) is 12.8 Å². The minimum atomic E-state index is -0.430. The normalized spacial score (nSPS) is 16.7. The van der Waals surface area contributed by atoms with Crippen molar-refractivity contribution < 1.29 is 13.9 Å². The van der Waals surface area contributed by atoms with Gasteiger partial charge in [0.2, 0.25) is 0 Å². The summed E-state index contributed by atoms with van der Waals surface area (Å²) in [4.78, 5) is 14.2. The molecule has 0 amide bonds. The number of methoxy groups -OCH3 is 1. The third kappa shape index (κ3) is 4.02. The monoisotopic (exact) mass is 280 g/mol. The molecule has 0 aromatic heterocycles. The molecule has 1 fully saturated rings. The minimum absolute atomic E-state index is 0.0408. The van der Waals surface area contributed by atoms with Gasteiger partial charge >= 0.3 is 0 Å². The first-order valence-electron chi connectivity index (χ1n) is 6.97. The summed E-state index contributed by atoms with van der Waals surface area (Å²) < 4.78 is 18.9. The standard InChI is InChI=1S/C15H21FN2O2/c1-20-14-5-2-4-12(15(14)16)10-13(19)11-18-8-3-6-17-7-9-18/h2,4-5,17H,3,6-11H2,1H3. The second-order valence-electron chi connectivity index (χ2n) is 5.03. The van der Waals surface area contributed by atoms with Gasteiger partial charge in [0.05, 0.1) is 13.7 Å². The molecule has 4 nitrogen and oxygen atoms in total. The summed E-state index contributed by atoms with van der Waals surface area (Å²) in [5.74, 6) is -0.200. The number of rotatable bonds is 5. The van der Waals surface area contributed by atoms with Gasteiger partial charge in [-0.2, -0.15) is 0 Å². The molecule has 5 heteroatoms. The third-order valence-electron chi connectivity index (χ3n) is 3.48. The molecular formula is C15H21FN2O2. The van der Waals surface area contributed by atoms with Crippen LogP contribution in [0.5, 0.6) is 5.75 Å². The maximum Gasteiger partial charge on any atom is 0.168 e. The molecule has 0 saturated carbocycles. The first kappa shape index (κ1) is 14.9. The molecule has 20 heavy (non-hydrogen) atoms. The largest absolute Gasteiger partial charge is 0.494 e. The molecule has 0 bridgehead atoms. The van der Waals surface area contributed by atoms with Gasteiger partial charge in [-0.05, 0) is 31.1 Å². The number of nitrogens with zero attached hydrogens (tertiary/aromatic N) is 1. The van der Waals surface area contributed by atoms with Gasteiger partial charge in [0.15, 0.2) is 17.3 Å². The number of benzene rings is 1. The van der Waals surface area contributed by atoms with E-state index in [0.29, 0.717) is 12.1 Å². The predicted octanol–water partition coefficient (Wildman–Crippen LogP) is 1.24. The highest BCUT2D eigenvalue weighted by molar-refractivity contribution is 5.83. The molecule has 1 aromatic rings. The van der Waals surface area contributed by atoms with Crippen molar-refractivity contribution in [1.82, 2.24) is 10.2 Å². The number of nitrogens with one attached hydrogen (secondary N) is 1. The van der Waals surface area contributed by atoms with Crippen LogP contribution < -0.4 is 10.1 Å². The van der Waals surface area contributed by atoms with E-state index in [4.69, 9.17) is 4.74 Å². The van der Waals surface area contributed by atoms with E-state index in [9.17, 15) is 9.18 Å². The van der Waals surface area contributed by atoms with Crippen LogP contribution in [0.2, 0.25) is 0 Å². The van der Waals surface area contributed by atoms with Gasteiger partial charge in [0, 0.05) is 19.5 Å². The highest BCUT2D eigenvalue weighted by Crippen LogP contribution is 2.20. The second-order valence-corrected chi connectivity index (χ2v) is 5.03. The molecular weight excluding hydrogens is 259 g/mol. The molecule has 1 aliphatic rings. The Hall–Kier alpha value is -1.46. The average Bonchev–Trinajstić information content (AvgIpc) is 2.70. The quantitative estimate of drug-likeness (QED) is 0.881. The summed E-state index contributed by atoms with van der Waals surface area (Å²) in [7, 11) is 1.42. The number of halogens is 1. The summed E-state index contributed by atoms with van der Waals surface area (Å²) in [5.41, 5.74) is 0.405. The molecule has 110 valence electrons. The van der Waals surface area contributed by atoms with Crippen LogP contribution in [0.25, 0.3) is 0 Å². The highest BCUT2D eigenvalue weighted by Gasteiger charge is 2.16. The van der Waals surface area contributed by atoms with Crippen molar-refractivity contribution in [3.05, 3.63) is 29.6 Å². The molecule has 2 rings (SSSR count). The summed E-state index contributed by atoms with van der Waals surface area (Å²) in [6.07, 6.45) is 1.16. The topological polar surface area (TPSA) is 41.6 Å². The number of ketones is 1. The van der Waals surface area contributed by atoms with E-state index in [1.807, 2.05) is 0 Å². The summed E-state index contributed by atoms with van der Waals surface area (Å²) >= 11 is 0. The van der Waals surface area contributed by atoms with Crippen molar-refractivity contribution in [2.24, 2.45) is 0 Å². The minimum Gasteiger partial charge on any atom is -0.494 e. The molecule has 0 unspecified atom stereocenters. The fourth-order valence-electron chi connectivity index (χ4n) is 2.43. The SMILES string of the molecule is COc1cccc(CC(=O)CN2CCCNCC2)c1F. The van der Waals surface area contributed by atoms with Crippen LogP contribution in [0.15, 0.2) is 18.2 Å². The van der Waals surface area contributed by atoms with Crippen LogP contribution in [-0.4, -0.2) is 50.5 Å². The van der Waals surface area contributed by atoms with Gasteiger partial charge in [-0.1, -0.05) is 12.1 Å². The van der Waals surface area contributed by atoms with E-state index in [2.05, 4.69) is 10.2 Å². The van der Waals surface area contributed by atoms with Crippen molar-refractivity contribution in [1.29, 1.82) is 0 Å². The van der Waals surface area contributed by atoms with E-state index >= 15 is 0 Å². The number of Topliss-reactive ketones (excluding diaryl/α,β-unsaturated/α-hetero) is 1. The third-order valence-corrected chi connectivity index (χ3v) is 3.48. The Morgan fingerprint density at radius 1 is 1.40 bits per heavy atom. The predicted molar refractivity (Wildman–Crippen MR) is 75.6 cm³/mol. The zero-order valence-corrected chi connectivity index (χ0v) is 11.8. The van der Waals surface area contributed by atoms with E-state index < -0.39 is 5.82 Å². The Morgan fingerprint density at radius 2 is 2.25 bits per heavy atom. The fraction of sp³-hybridized carbons (Fsp3) is 0.533. The van der Waals surface area contributed by atoms with Gasteiger partial charge in [0.1, 0.15) is 0 Å². The van der Waals surface area contributed by atoms with Crippen LogP contribution in [0, 0.1) is 5.82 Å². The van der Waals surface area contributed by atoms with Crippen molar-refractivity contribution in [3.63, 3.8) is 0 Å². The van der Waals surface area contributed by atoms with Crippen molar-refractivity contribution >= 4 is 5.78 Å². The Morgan fingerprint density at radius 3 is 3.05 bits per heavy atom. The maximum absolute atomic E-state index is 14.0. The Balaban J connectivity index is 1.94. The molecule has 1 aromatic carbocycles. The number of hydrogen-bond donors (Lipinski definition) is 1. The lowest BCUT2D eigenvalue weighted by molar-refractivity contribution is -0.119. The van der Waals surface area contributed by atoms with Crippen LogP contribution in [0.1, 0.15) is 12.0 Å².